The van der Waals surface area contributed by atoms with E-state index in [-0.39, 0.29) is 82.2 Å². The van der Waals surface area contributed by atoms with Crippen LogP contribution in [0.5, 0.6) is 11.8 Å². The van der Waals surface area contributed by atoms with E-state index in [0.29, 0.717) is 47.7 Å². The maximum Gasteiger partial charge on any atom is 0.407 e. The summed E-state index contributed by atoms with van der Waals surface area (Å²) in [5, 5.41) is 33.2. The van der Waals surface area contributed by atoms with E-state index < -0.39 is 75.7 Å². The normalized spacial score (nSPS) is 17.2. The Morgan fingerprint density at radius 1 is 0.648 bits per heavy atom. The zero-order valence-electron chi connectivity index (χ0n) is 53.4. The molecule has 0 aliphatic carbocycles. The standard InChI is InChI=1S/C33H41BrN4O7.C20H18BrN3O3.C13H24O5.ClH/c1-32(2,3)27(37-31(42)44-19-33(4,5)14-15-39)29(40)38-18-22(17-25(38)30(41)43-6)45-28-26(20-10-9-11-21(34)16-20)35-23-12-7-8-13-24(23)36-28;1-26-20(25)17-10-14(11-22-17)27-19-18(12-5-4-6-13(21)9-12)23-15-7-2-3-8-16(15)24-19;1-12(2,3)9(11(16)17)6-10(15)18-8-13(4,5)7-14;/h7-13,16,22,25,27,39H,14-15,17-19H2,1-6H3,(H,37,42);2-9,14,17,22H,10-11H2,1H3;9,14H,6-8H2,1-5H3,(H,16,17);1H/t22-,25+,27-;14-,17+;9-;/m111./s1. The van der Waals surface area contributed by atoms with E-state index in [0.717, 1.165) is 31.1 Å². The molecule has 0 spiro atoms. The average molecular weight is 1410 g/mol. The number of alkyl carbamates (subject to hydrolysis) is 1. The number of likely N-dealkylation sites (tertiary alicyclic amines) is 1. The number of amides is 2. The first-order valence-corrected chi connectivity index (χ1v) is 31.1. The maximum atomic E-state index is 14.1. The lowest BCUT2D eigenvalue weighted by Crippen LogP contribution is -2.57. The number of rotatable bonds is 20. The van der Waals surface area contributed by atoms with E-state index in [1.54, 1.807) is 34.6 Å². The lowest BCUT2D eigenvalue weighted by molar-refractivity contribution is -0.157. The van der Waals surface area contributed by atoms with Gasteiger partial charge < -0.3 is 59.3 Å². The third-order valence-electron chi connectivity index (χ3n) is 14.9. The van der Waals surface area contributed by atoms with Crippen LogP contribution in [0.1, 0.15) is 94.9 Å². The van der Waals surface area contributed by atoms with Crippen LogP contribution in [0.2, 0.25) is 0 Å². The van der Waals surface area contributed by atoms with Crippen LogP contribution in [0.3, 0.4) is 0 Å². The number of nitrogens with zero attached hydrogens (tertiary/aromatic N) is 5. The molecular formula is C66H84Br2ClN7O15. The van der Waals surface area contributed by atoms with Gasteiger partial charge in [0.1, 0.15) is 41.7 Å². The second kappa shape index (κ2) is 33.0. The van der Waals surface area contributed by atoms with Crippen LogP contribution in [-0.2, 0) is 42.9 Å². The summed E-state index contributed by atoms with van der Waals surface area (Å²) in [4.78, 5) is 94.8. The van der Waals surface area contributed by atoms with E-state index in [1.807, 2.05) is 132 Å². The van der Waals surface area contributed by atoms with Crippen molar-refractivity contribution in [1.82, 2.24) is 35.5 Å². The van der Waals surface area contributed by atoms with E-state index in [4.69, 9.17) is 58.6 Å². The smallest absolute Gasteiger partial charge is 0.407 e. The number of carboxylic acids is 1. The highest BCUT2D eigenvalue weighted by Gasteiger charge is 2.47. The molecule has 22 nitrogen and oxygen atoms in total. The van der Waals surface area contributed by atoms with Crippen molar-refractivity contribution in [2.75, 3.05) is 53.7 Å². The van der Waals surface area contributed by atoms with Crippen LogP contribution < -0.4 is 20.1 Å². The highest BCUT2D eigenvalue weighted by Crippen LogP contribution is 2.36. The van der Waals surface area contributed by atoms with Gasteiger partial charge in [-0.15, -0.1) is 12.4 Å². The molecule has 4 aromatic carbocycles. The van der Waals surface area contributed by atoms with Gasteiger partial charge in [-0.3, -0.25) is 19.2 Å². The minimum atomic E-state index is -1.02. The number of carboxylic acid groups (broad SMARTS) is 1. The van der Waals surface area contributed by atoms with Crippen molar-refractivity contribution in [3.05, 3.63) is 106 Å². The largest absolute Gasteiger partial charge is 0.481 e. The van der Waals surface area contributed by atoms with Gasteiger partial charge in [0, 0.05) is 56.9 Å². The minimum Gasteiger partial charge on any atom is -0.481 e. The first kappa shape index (κ1) is 74.6. The van der Waals surface area contributed by atoms with Gasteiger partial charge in [0.15, 0.2) is 0 Å². The number of benzene rings is 4. The van der Waals surface area contributed by atoms with Gasteiger partial charge >= 0.3 is 30.0 Å². The Kier molecular flexibility index (Phi) is 27.0. The Labute approximate surface area is 553 Å². The van der Waals surface area contributed by atoms with Gasteiger partial charge in [0.2, 0.25) is 17.7 Å². The summed E-state index contributed by atoms with van der Waals surface area (Å²) in [6, 6.07) is 28.3. The van der Waals surface area contributed by atoms with Gasteiger partial charge in [-0.05, 0) is 65.8 Å². The van der Waals surface area contributed by atoms with E-state index in [1.165, 1.54) is 19.1 Å². The van der Waals surface area contributed by atoms with Crippen molar-refractivity contribution >= 4 is 102 Å². The fraction of sp³-hybridized carbons (Fsp3) is 0.485. The summed E-state index contributed by atoms with van der Waals surface area (Å²) in [5.74, 6) is -2.92. The van der Waals surface area contributed by atoms with Gasteiger partial charge in [-0.1, -0.05) is 150 Å². The number of aliphatic hydroxyl groups is 2. The summed E-state index contributed by atoms with van der Waals surface area (Å²) in [6.45, 7) is 18.6. The molecule has 6 aromatic rings. The molecular weight excluding hydrogens is 1330 g/mol. The minimum absolute atomic E-state index is 0. The predicted molar refractivity (Wildman–Crippen MR) is 352 cm³/mol. The van der Waals surface area contributed by atoms with Crippen molar-refractivity contribution in [2.24, 2.45) is 27.6 Å². The average Bonchev–Trinajstić information content (AvgIpc) is 2.12. The van der Waals surface area contributed by atoms with E-state index in [2.05, 4.69) is 42.5 Å². The first-order valence-electron chi connectivity index (χ1n) is 29.5. The SMILES string of the molecule is CC(C)(CO)COC(=O)C[C@H](C(=O)O)C(C)(C)C.COC(=O)[C@@H]1C[C@@H](Oc2nc3ccccc3nc2-c2cccc(Br)c2)CN1.COC(=O)[C@@H]1C[C@@H](Oc2nc3ccccc3nc2-c2cccc(Br)c2)CN1C(=O)[C@@H](NC(=O)OCC(C)(C)CCO)C(C)(C)C.Cl. The number of carbonyl (C=O) groups is 6. The highest BCUT2D eigenvalue weighted by molar-refractivity contribution is 9.10. The number of methoxy groups -OCH3 is 2. The summed E-state index contributed by atoms with van der Waals surface area (Å²) in [6.07, 6.45) is -0.591. The fourth-order valence-electron chi connectivity index (χ4n) is 9.62. The molecule has 5 N–H and O–H groups in total. The zero-order chi connectivity index (χ0) is 66.3. The number of fused-ring (bicyclic) bond motifs is 2. The summed E-state index contributed by atoms with van der Waals surface area (Å²) in [7, 11) is 2.66. The lowest BCUT2D eigenvalue weighted by atomic mass is 9.79. The number of nitrogens with one attached hydrogen (secondary N) is 2. The summed E-state index contributed by atoms with van der Waals surface area (Å²) < 4.78 is 34.7. The van der Waals surface area contributed by atoms with Gasteiger partial charge in [-0.2, -0.15) is 0 Å². The van der Waals surface area contributed by atoms with Crippen LogP contribution in [0.4, 0.5) is 4.79 Å². The number of aliphatic hydroxyl groups excluding tert-OH is 2. The van der Waals surface area contributed by atoms with Gasteiger partial charge in [-0.25, -0.2) is 29.5 Å². The molecule has 91 heavy (non-hydrogen) atoms. The zero-order valence-corrected chi connectivity index (χ0v) is 57.4. The number of carbonyl (C=O) groups excluding carboxylic acids is 5. The number of ether oxygens (including phenoxy) is 6. The summed E-state index contributed by atoms with van der Waals surface area (Å²) >= 11 is 7.02. The molecule has 2 saturated heterocycles. The fourth-order valence-corrected chi connectivity index (χ4v) is 10.4. The topological polar surface area (TPSA) is 297 Å². The van der Waals surface area contributed by atoms with Crippen molar-refractivity contribution in [2.45, 2.75) is 125 Å². The first-order chi connectivity index (χ1) is 42.3. The van der Waals surface area contributed by atoms with Crippen molar-refractivity contribution < 1.29 is 72.5 Å². The van der Waals surface area contributed by atoms with Crippen molar-refractivity contribution in [3.8, 4) is 34.3 Å². The Bertz CT molecular complexity index is 3490. The summed E-state index contributed by atoms with van der Waals surface area (Å²) in [5.41, 5.74) is 3.62. The molecule has 0 saturated carbocycles. The Balaban J connectivity index is 0.000000276. The third kappa shape index (κ3) is 21.5. The number of hydrogen-bond donors (Lipinski definition) is 5. The molecule has 2 fully saturated rings. The second-order valence-corrected chi connectivity index (χ2v) is 27.7. The molecule has 6 atom stereocenters. The molecule has 25 heteroatoms. The van der Waals surface area contributed by atoms with Crippen LogP contribution in [0, 0.1) is 27.6 Å². The predicted octanol–water partition coefficient (Wildman–Crippen LogP) is 10.6. The number of halogens is 3. The monoisotopic (exact) mass is 1410 g/mol. The van der Waals surface area contributed by atoms with Crippen LogP contribution in [0.25, 0.3) is 44.6 Å². The molecule has 2 aliphatic heterocycles. The number of esters is 3. The molecule has 2 amide bonds. The number of para-hydroxylation sites is 4. The molecule has 8 rings (SSSR count). The van der Waals surface area contributed by atoms with Crippen molar-refractivity contribution in [1.29, 1.82) is 0 Å². The van der Waals surface area contributed by atoms with Crippen LogP contribution in [-0.4, -0.2) is 160 Å². The number of hydrogen-bond acceptors (Lipinski definition) is 19. The van der Waals surface area contributed by atoms with E-state index in [9.17, 15) is 33.9 Å². The molecule has 2 aliphatic rings. The Hall–Kier alpha value is -7.09. The molecule has 2 aromatic heterocycles. The lowest BCUT2D eigenvalue weighted by Gasteiger charge is -2.35. The molecule has 4 heterocycles. The second-order valence-electron chi connectivity index (χ2n) is 25.8. The quantitative estimate of drug-likeness (QED) is 0.0350. The third-order valence-corrected chi connectivity index (χ3v) is 15.9. The van der Waals surface area contributed by atoms with Crippen molar-refractivity contribution in [3.63, 3.8) is 0 Å². The van der Waals surface area contributed by atoms with E-state index >= 15 is 0 Å². The Morgan fingerprint density at radius 3 is 1.59 bits per heavy atom. The number of aromatic nitrogens is 4. The Morgan fingerprint density at radius 2 is 1.14 bits per heavy atom. The van der Waals surface area contributed by atoms with Gasteiger partial charge in [0.25, 0.3) is 0 Å². The van der Waals surface area contributed by atoms with Crippen LogP contribution >= 0.6 is 44.3 Å². The molecule has 0 radical (unpaired) electrons. The molecule has 0 unspecified atom stereocenters. The maximum absolute atomic E-state index is 14.1. The molecule has 0 bridgehead atoms. The number of aliphatic carboxylic acids is 1. The highest BCUT2D eigenvalue weighted by atomic mass is 79.9. The van der Waals surface area contributed by atoms with Gasteiger partial charge in [0.05, 0.1) is 75.0 Å². The van der Waals surface area contributed by atoms with Crippen LogP contribution in [0.15, 0.2) is 106 Å². The molecule has 494 valence electrons.